The minimum atomic E-state index is 0.293. The van der Waals surface area contributed by atoms with Crippen LogP contribution in [-0.4, -0.2) is 44.1 Å². The lowest BCUT2D eigenvalue weighted by atomic mass is 10.1. The molecule has 1 aliphatic rings. The van der Waals surface area contributed by atoms with Crippen molar-refractivity contribution in [3.8, 4) is 0 Å². The van der Waals surface area contributed by atoms with Crippen molar-refractivity contribution in [3.05, 3.63) is 29.3 Å². The van der Waals surface area contributed by atoms with E-state index < -0.39 is 0 Å². The highest BCUT2D eigenvalue weighted by atomic mass is 16.3. The monoisotopic (exact) mass is 260 g/mol. The van der Waals surface area contributed by atoms with Crippen LogP contribution in [0, 0.1) is 19.8 Å². The highest BCUT2D eigenvalue weighted by molar-refractivity contribution is 5.34. The van der Waals surface area contributed by atoms with Crippen LogP contribution in [-0.2, 0) is 6.54 Å². The molecule has 1 N–H and O–H groups in total. The first kappa shape index (κ1) is 12.6. The maximum atomic E-state index is 9.17. The van der Waals surface area contributed by atoms with Gasteiger partial charge in [0.15, 0.2) is 0 Å². The number of nitrogens with zero attached hydrogens (tertiary/aromatic N) is 4. The summed E-state index contributed by atoms with van der Waals surface area (Å²) in [7, 11) is 0. The molecule has 1 atom stereocenters. The smallest absolute Gasteiger partial charge is 0.234 e. The number of hydrogen-bond acceptors (Lipinski definition) is 4. The topological polar surface area (TPSA) is 53.7 Å². The van der Waals surface area contributed by atoms with E-state index in [4.69, 9.17) is 0 Å². The number of likely N-dealkylation sites (tertiary alicyclic amines) is 1. The fourth-order valence-electron chi connectivity index (χ4n) is 2.83. The summed E-state index contributed by atoms with van der Waals surface area (Å²) in [4.78, 5) is 11.4. The minimum Gasteiger partial charge on any atom is -0.396 e. The van der Waals surface area contributed by atoms with Crippen LogP contribution < -0.4 is 0 Å². The second-order valence-corrected chi connectivity index (χ2v) is 5.51. The number of imidazole rings is 1. The number of aliphatic hydroxyl groups is 1. The molecule has 1 fully saturated rings. The quantitative estimate of drug-likeness (QED) is 0.900. The van der Waals surface area contributed by atoms with E-state index in [0.29, 0.717) is 12.5 Å². The zero-order chi connectivity index (χ0) is 13.4. The molecule has 19 heavy (non-hydrogen) atoms. The number of fused-ring (bicyclic) bond motifs is 1. The van der Waals surface area contributed by atoms with Gasteiger partial charge in [-0.05, 0) is 38.8 Å². The van der Waals surface area contributed by atoms with Gasteiger partial charge < -0.3 is 5.11 Å². The molecule has 3 heterocycles. The van der Waals surface area contributed by atoms with Crippen molar-refractivity contribution in [3.63, 3.8) is 0 Å². The molecule has 1 saturated heterocycles. The van der Waals surface area contributed by atoms with Crippen molar-refractivity contribution in [2.45, 2.75) is 26.8 Å². The Morgan fingerprint density at radius 1 is 1.37 bits per heavy atom. The van der Waals surface area contributed by atoms with Crippen LogP contribution in [0.25, 0.3) is 5.78 Å². The summed E-state index contributed by atoms with van der Waals surface area (Å²) < 4.78 is 2.04. The SMILES string of the molecule is Cc1cc(C)n2cc(CN3CCC(CO)C3)nc2n1. The maximum Gasteiger partial charge on any atom is 0.234 e. The van der Waals surface area contributed by atoms with E-state index in [2.05, 4.69) is 34.1 Å². The van der Waals surface area contributed by atoms with Crippen LogP contribution in [0.2, 0.25) is 0 Å². The van der Waals surface area contributed by atoms with E-state index in [1.807, 2.05) is 11.3 Å². The van der Waals surface area contributed by atoms with Gasteiger partial charge in [-0.2, -0.15) is 0 Å². The molecule has 0 bridgehead atoms. The summed E-state index contributed by atoms with van der Waals surface area (Å²) in [5.74, 6) is 1.21. The van der Waals surface area contributed by atoms with Crippen molar-refractivity contribution in [2.75, 3.05) is 19.7 Å². The third kappa shape index (κ3) is 2.48. The zero-order valence-electron chi connectivity index (χ0n) is 11.5. The summed E-state index contributed by atoms with van der Waals surface area (Å²) in [5.41, 5.74) is 3.22. The molecule has 2 aromatic heterocycles. The van der Waals surface area contributed by atoms with Crippen molar-refractivity contribution >= 4 is 5.78 Å². The number of aliphatic hydroxyl groups excluding tert-OH is 1. The Labute approximate surface area is 112 Å². The van der Waals surface area contributed by atoms with Gasteiger partial charge in [-0.3, -0.25) is 9.30 Å². The predicted octanol–water partition coefficient (Wildman–Crippen LogP) is 1.16. The lowest BCUT2D eigenvalue weighted by Crippen LogP contribution is -2.21. The second-order valence-electron chi connectivity index (χ2n) is 5.51. The normalized spacial score (nSPS) is 20.5. The molecule has 1 unspecified atom stereocenters. The van der Waals surface area contributed by atoms with Gasteiger partial charge in [0.1, 0.15) is 0 Å². The average molecular weight is 260 g/mol. The Hall–Kier alpha value is -1.46. The largest absolute Gasteiger partial charge is 0.396 e. The second kappa shape index (κ2) is 4.90. The van der Waals surface area contributed by atoms with Crippen molar-refractivity contribution in [2.24, 2.45) is 5.92 Å². The molecule has 102 valence electrons. The van der Waals surface area contributed by atoms with E-state index in [0.717, 1.165) is 48.9 Å². The molecule has 0 amide bonds. The molecular weight excluding hydrogens is 240 g/mol. The van der Waals surface area contributed by atoms with Crippen LogP contribution in [0.3, 0.4) is 0 Å². The summed E-state index contributed by atoms with van der Waals surface area (Å²) in [6.07, 6.45) is 3.16. The number of rotatable bonds is 3. The van der Waals surface area contributed by atoms with Crippen LogP contribution in [0.4, 0.5) is 0 Å². The predicted molar refractivity (Wildman–Crippen MR) is 72.9 cm³/mol. The molecule has 0 aromatic carbocycles. The maximum absolute atomic E-state index is 9.17. The molecule has 5 heteroatoms. The summed E-state index contributed by atoms with van der Waals surface area (Å²) in [6.45, 7) is 7.22. The third-order valence-corrected chi connectivity index (χ3v) is 3.83. The Bertz CT molecular complexity index is 592. The molecule has 0 radical (unpaired) electrons. The van der Waals surface area contributed by atoms with Crippen LogP contribution >= 0.6 is 0 Å². The van der Waals surface area contributed by atoms with Gasteiger partial charge in [0.25, 0.3) is 0 Å². The van der Waals surface area contributed by atoms with E-state index in [9.17, 15) is 5.11 Å². The van der Waals surface area contributed by atoms with E-state index in [-0.39, 0.29) is 0 Å². The fraction of sp³-hybridized carbons (Fsp3) is 0.571. The van der Waals surface area contributed by atoms with Crippen LogP contribution in [0.15, 0.2) is 12.3 Å². The van der Waals surface area contributed by atoms with Crippen LogP contribution in [0.1, 0.15) is 23.5 Å². The van der Waals surface area contributed by atoms with E-state index in [1.54, 1.807) is 0 Å². The molecule has 0 spiro atoms. The van der Waals surface area contributed by atoms with Crippen molar-refractivity contribution in [1.82, 2.24) is 19.3 Å². The van der Waals surface area contributed by atoms with Gasteiger partial charge in [-0.25, -0.2) is 9.97 Å². The molecule has 0 saturated carbocycles. The molecule has 1 aliphatic heterocycles. The first-order valence-electron chi connectivity index (χ1n) is 6.81. The van der Waals surface area contributed by atoms with Gasteiger partial charge in [-0.1, -0.05) is 0 Å². The summed E-state index contributed by atoms with van der Waals surface area (Å²) in [5, 5.41) is 9.17. The van der Waals surface area contributed by atoms with E-state index in [1.165, 1.54) is 0 Å². The summed E-state index contributed by atoms with van der Waals surface area (Å²) >= 11 is 0. The molecular formula is C14H20N4O. The average Bonchev–Trinajstić information content (AvgIpc) is 2.96. The Morgan fingerprint density at radius 3 is 2.95 bits per heavy atom. The standard InChI is InChI=1S/C14H20N4O/c1-10-5-11(2)18-8-13(16-14(18)15-10)7-17-4-3-12(6-17)9-19/h5,8,12,19H,3-4,6-7,9H2,1-2H3. The van der Waals surface area contributed by atoms with Gasteiger partial charge in [-0.15, -0.1) is 0 Å². The van der Waals surface area contributed by atoms with Crippen molar-refractivity contribution in [1.29, 1.82) is 0 Å². The third-order valence-electron chi connectivity index (χ3n) is 3.83. The van der Waals surface area contributed by atoms with Gasteiger partial charge in [0.05, 0.1) is 5.69 Å². The lowest BCUT2D eigenvalue weighted by Gasteiger charge is -2.13. The number of aromatic nitrogens is 3. The summed E-state index contributed by atoms with van der Waals surface area (Å²) in [6, 6.07) is 2.07. The van der Waals surface area contributed by atoms with Gasteiger partial charge in [0, 0.05) is 37.3 Å². The zero-order valence-corrected chi connectivity index (χ0v) is 11.5. The number of hydrogen-bond donors (Lipinski definition) is 1. The Morgan fingerprint density at radius 2 is 2.21 bits per heavy atom. The molecule has 5 nitrogen and oxygen atoms in total. The van der Waals surface area contributed by atoms with Gasteiger partial charge in [0.2, 0.25) is 5.78 Å². The highest BCUT2D eigenvalue weighted by Crippen LogP contribution is 2.18. The Balaban J connectivity index is 1.80. The highest BCUT2D eigenvalue weighted by Gasteiger charge is 2.22. The number of aryl methyl sites for hydroxylation is 2. The Kier molecular flexibility index (Phi) is 3.24. The lowest BCUT2D eigenvalue weighted by molar-refractivity contribution is 0.219. The molecule has 0 aliphatic carbocycles. The fourth-order valence-corrected chi connectivity index (χ4v) is 2.83. The van der Waals surface area contributed by atoms with E-state index >= 15 is 0 Å². The van der Waals surface area contributed by atoms with Crippen molar-refractivity contribution < 1.29 is 5.11 Å². The minimum absolute atomic E-state index is 0.293. The van der Waals surface area contributed by atoms with Gasteiger partial charge >= 0.3 is 0 Å². The first-order valence-corrected chi connectivity index (χ1v) is 6.81. The van der Waals surface area contributed by atoms with Crippen LogP contribution in [0.5, 0.6) is 0 Å². The molecule has 3 rings (SSSR count). The first-order chi connectivity index (χ1) is 9.15. The molecule has 2 aromatic rings.